The minimum atomic E-state index is -0.878. The Morgan fingerprint density at radius 3 is 2.47 bits per heavy atom. The number of hydrogen-bond donors (Lipinski definition) is 1. The first-order chi connectivity index (χ1) is 35.5. The number of thiazole rings is 1. The maximum Gasteiger partial charge on any atom is 0.337 e. The number of likely N-dealkylation sites (N-methyl/N-ethyl adjacent to an activating group) is 1. The molecule has 4 atom stereocenters. The second kappa shape index (κ2) is 22.1. The van der Waals surface area contributed by atoms with Crippen LogP contribution >= 0.6 is 11.3 Å². The first-order valence-corrected chi connectivity index (χ1v) is 27.7. The van der Waals surface area contributed by atoms with Crippen molar-refractivity contribution in [2.24, 2.45) is 17.3 Å². The Morgan fingerprint density at radius 2 is 1.81 bits per heavy atom. The minimum absolute atomic E-state index is 0.0650. The highest BCUT2D eigenvalue weighted by Crippen LogP contribution is 2.43. The maximum atomic E-state index is 15.4. The van der Waals surface area contributed by atoms with Gasteiger partial charge in [0, 0.05) is 98.4 Å². The minimum Gasteiger partial charge on any atom is -0.464 e. The number of cyclic esters (lactones) is 1. The van der Waals surface area contributed by atoms with Crippen LogP contribution in [0.2, 0.25) is 0 Å². The largest absolute Gasteiger partial charge is 0.464 e. The third-order valence-electron chi connectivity index (χ3n) is 16.1. The molecule has 6 bridgehead atoms. The van der Waals surface area contributed by atoms with E-state index in [1.807, 2.05) is 72.0 Å². The molecule has 3 aromatic heterocycles. The van der Waals surface area contributed by atoms with Gasteiger partial charge in [-0.3, -0.25) is 29.3 Å². The van der Waals surface area contributed by atoms with E-state index in [4.69, 9.17) is 19.4 Å². The molecule has 75 heavy (non-hydrogen) atoms. The summed E-state index contributed by atoms with van der Waals surface area (Å²) in [5.41, 5.74) is 9.01. The molecule has 0 radical (unpaired) electrons. The number of pyridine rings is 1. The highest BCUT2D eigenvalue weighted by molar-refractivity contribution is 7.10. The highest BCUT2D eigenvalue weighted by Gasteiger charge is 2.62. The first kappa shape index (κ1) is 55.5. The number of hydrazine groups is 1. The monoisotopic (exact) mass is 1050 g/mol. The Balaban J connectivity index is 1.10. The number of aryl methyl sites for hydroxylation is 1. The first-order valence-electron chi connectivity index (χ1n) is 26.8. The summed E-state index contributed by atoms with van der Waals surface area (Å²) < 4.78 is 14.2. The predicted octanol–water partition coefficient (Wildman–Crippen LogP) is 6.64. The highest BCUT2D eigenvalue weighted by atomic mass is 32.1. The lowest BCUT2D eigenvalue weighted by molar-refractivity contribution is -0.740. The number of nitrogens with one attached hydrogen (secondary N) is 1. The number of benzene rings is 1. The lowest BCUT2D eigenvalue weighted by Crippen LogP contribution is -2.65. The Kier molecular flexibility index (Phi) is 16.4. The number of quaternary nitrogens is 1. The van der Waals surface area contributed by atoms with Crippen molar-refractivity contribution in [1.29, 1.82) is 0 Å². The van der Waals surface area contributed by atoms with Gasteiger partial charge in [0.1, 0.15) is 19.1 Å². The zero-order valence-corrected chi connectivity index (χ0v) is 47.3. The summed E-state index contributed by atoms with van der Waals surface area (Å²) in [6, 6.07) is 7.76. The van der Waals surface area contributed by atoms with E-state index in [-0.39, 0.29) is 59.2 Å². The van der Waals surface area contributed by atoms with Gasteiger partial charge in [0.2, 0.25) is 0 Å². The number of methoxy groups -OCH3 is 1. The molecule has 18 heteroatoms. The van der Waals surface area contributed by atoms with Crippen LogP contribution in [0.15, 0.2) is 41.9 Å². The van der Waals surface area contributed by atoms with Crippen molar-refractivity contribution < 1.29 is 37.9 Å². The van der Waals surface area contributed by atoms with Gasteiger partial charge in [-0.05, 0) is 110 Å². The number of likely N-dealkylation sites (tertiary alicyclic amines) is 1. The van der Waals surface area contributed by atoms with Gasteiger partial charge in [-0.25, -0.2) is 24.5 Å². The van der Waals surface area contributed by atoms with Gasteiger partial charge in [-0.2, -0.15) is 0 Å². The zero-order chi connectivity index (χ0) is 54.3. The molecule has 0 spiro atoms. The fourth-order valence-electron chi connectivity index (χ4n) is 11.0. The van der Waals surface area contributed by atoms with Crippen LogP contribution in [0, 0.1) is 29.1 Å². The molecule has 2 unspecified atom stereocenters. The fourth-order valence-corrected chi connectivity index (χ4v) is 11.9. The zero-order valence-electron chi connectivity index (χ0n) is 46.5. The van der Waals surface area contributed by atoms with Gasteiger partial charge in [0.25, 0.3) is 11.8 Å². The number of amides is 5. The molecule has 0 saturated carbocycles. The van der Waals surface area contributed by atoms with E-state index in [0.717, 1.165) is 44.7 Å². The molecular weight excluding hydrogens is 969 g/mol. The van der Waals surface area contributed by atoms with Crippen LogP contribution in [0.25, 0.3) is 33.4 Å². The van der Waals surface area contributed by atoms with E-state index in [0.29, 0.717) is 76.6 Å². The van der Waals surface area contributed by atoms with Gasteiger partial charge in [-0.15, -0.1) is 11.3 Å². The summed E-state index contributed by atoms with van der Waals surface area (Å²) in [6.07, 6.45) is 3.35. The molecular formula is C57H79N10O7S+. The van der Waals surface area contributed by atoms with E-state index in [1.54, 1.807) is 35.1 Å². The number of aromatic nitrogens is 3. The number of carbonyl (C=O) groups is 5. The van der Waals surface area contributed by atoms with Crippen molar-refractivity contribution in [2.75, 3.05) is 80.7 Å². The Hall–Kier alpha value is -5.71. The third kappa shape index (κ3) is 11.3. The van der Waals surface area contributed by atoms with Crippen molar-refractivity contribution in [3.63, 3.8) is 0 Å². The fraction of sp³-hybridized carbons (Fsp3) is 0.596. The van der Waals surface area contributed by atoms with Gasteiger partial charge >= 0.3 is 17.9 Å². The van der Waals surface area contributed by atoms with Crippen molar-refractivity contribution in [3.05, 3.63) is 58.2 Å². The normalized spacial score (nSPS) is 20.7. The number of nitrogens with zero attached hydrogens (tertiary/aromatic N) is 9. The van der Waals surface area contributed by atoms with Crippen LogP contribution in [0.5, 0.6) is 0 Å². The second-order valence-corrected chi connectivity index (χ2v) is 23.9. The molecule has 8 rings (SSSR count). The summed E-state index contributed by atoms with van der Waals surface area (Å²) >= 11 is 1.47. The topological polar surface area (TPSA) is 163 Å². The average molecular weight is 1050 g/mol. The molecule has 404 valence electrons. The van der Waals surface area contributed by atoms with E-state index in [1.165, 1.54) is 16.3 Å². The second-order valence-electron chi connectivity index (χ2n) is 22.9. The predicted molar refractivity (Wildman–Crippen MR) is 291 cm³/mol. The summed E-state index contributed by atoms with van der Waals surface area (Å²) in [6.45, 7) is 22.0. The number of esters is 1. The van der Waals surface area contributed by atoms with E-state index in [9.17, 15) is 14.4 Å². The number of fused-ring (bicyclic) bond motifs is 6. The van der Waals surface area contributed by atoms with E-state index >= 15 is 9.59 Å². The molecule has 3 saturated heterocycles. The number of rotatable bonds is 12. The molecule has 4 aromatic rings. The van der Waals surface area contributed by atoms with Gasteiger partial charge < -0.3 is 28.7 Å². The average Bonchev–Trinajstić information content (AvgIpc) is 3.95. The van der Waals surface area contributed by atoms with Gasteiger partial charge in [0.15, 0.2) is 12.1 Å². The molecule has 5 amide bonds. The van der Waals surface area contributed by atoms with Crippen LogP contribution < -0.4 is 5.43 Å². The number of hydrogen-bond acceptors (Lipinski definition) is 12. The van der Waals surface area contributed by atoms with Gasteiger partial charge in [0.05, 0.1) is 46.8 Å². The third-order valence-corrected chi connectivity index (χ3v) is 17.0. The Bertz CT molecular complexity index is 2870. The molecule has 3 fully saturated rings. The molecule has 4 aliphatic rings. The molecule has 1 aromatic carbocycles. The standard InChI is InChI=1S/C57H79N10O7S/c1-14-63(48(68)22-23-57(8,9)61(10)11)31-38-32-64(33-38)55(72)62(12)50(36(3)4)53(70)67(26-27-67)46-29-47-59-44(34-75-47)39-20-21-45-41(28-39)42(51(65(45)15-2)40-18-16-24-58-49(40)37(5)73-13)30-56(6,7)35-74-54(71)43-19-17-25-66(60-43)52(46)69/h16,18,20-21,24,28,34,36-38,43,46,50,60H,14-15,17,19,25-27,29-33,35H2,1-13H3/q+1/t37-,43-,46?,50?/m0/s1. The molecule has 7 heterocycles. The summed E-state index contributed by atoms with van der Waals surface area (Å²) in [5, 5.41) is 5.33. The molecule has 0 aliphatic carbocycles. The maximum absolute atomic E-state index is 15.4. The Morgan fingerprint density at radius 1 is 1.08 bits per heavy atom. The van der Waals surface area contributed by atoms with Crippen LogP contribution in [0.1, 0.15) is 97.5 Å². The number of carbonyl (C=O) groups excluding carboxylic acids is 5. The smallest absolute Gasteiger partial charge is 0.337 e. The molecule has 4 aliphatic heterocycles. The van der Waals surface area contributed by atoms with Crippen LogP contribution in [-0.2, 0) is 48.0 Å². The quantitative estimate of drug-likeness (QED) is 0.0701. The van der Waals surface area contributed by atoms with Crippen molar-refractivity contribution in [1.82, 2.24) is 44.6 Å². The molecule has 1 N–H and O–H groups in total. The van der Waals surface area contributed by atoms with Crippen molar-refractivity contribution in [2.45, 2.75) is 124 Å². The van der Waals surface area contributed by atoms with Crippen molar-refractivity contribution >= 4 is 52.0 Å². The van der Waals surface area contributed by atoms with Crippen LogP contribution in [-0.4, -0.2) is 178 Å². The lowest BCUT2D eigenvalue weighted by atomic mass is 9.84. The summed E-state index contributed by atoms with van der Waals surface area (Å²) in [4.78, 5) is 89.2. The molecule has 17 nitrogen and oxygen atoms in total. The van der Waals surface area contributed by atoms with Crippen LogP contribution in [0.3, 0.4) is 0 Å². The SMILES string of the molecule is CCN(CC1CN(C(=O)N(C)C(C(=O)[N+]2(C3Cc4nc(cs4)-c4ccc5c(c4)c(c(-c4cccnc4[C@H](C)OC)n5CC)CC(C)(C)COC(=O)[C@@H]4CCCN(N4)C3=O)CC2)C(C)C)C1)C(=O)C#CC(C)(C)N(C)C. The van der Waals surface area contributed by atoms with E-state index < -0.39 is 35.0 Å². The van der Waals surface area contributed by atoms with Crippen LogP contribution in [0.4, 0.5) is 4.79 Å². The van der Waals surface area contributed by atoms with E-state index in [2.05, 4.69) is 66.9 Å². The lowest BCUT2D eigenvalue weighted by Gasteiger charge is -2.44. The Labute approximate surface area is 447 Å². The summed E-state index contributed by atoms with van der Waals surface area (Å²) in [5.74, 6) is 4.55. The van der Waals surface area contributed by atoms with Gasteiger partial charge in [-0.1, -0.05) is 39.7 Å². The number of urea groups is 1. The summed E-state index contributed by atoms with van der Waals surface area (Å²) in [7, 11) is 7.23. The number of ether oxygens (including phenoxy) is 2. The van der Waals surface area contributed by atoms with Crippen molar-refractivity contribution in [3.8, 4) is 34.4 Å².